The van der Waals surface area contributed by atoms with Crippen LogP contribution in [0.25, 0.3) is 0 Å². The summed E-state index contributed by atoms with van der Waals surface area (Å²) in [5.74, 6) is -0.397. The molecule has 0 bridgehead atoms. The molecule has 2 atom stereocenters. The molecule has 2 aromatic rings. The summed E-state index contributed by atoms with van der Waals surface area (Å²) in [6, 6.07) is 6.93. The molecule has 0 N–H and O–H groups in total. The standard InChI is InChI=1S/C20H19ClF3N3O5/c21-14-9-13(10-26-17(14)29-7-8-31-20(22,23)24)18(28)27-6-4-19(15-3-1-2-5-25-15)16(11-27)30-12-32-19/h1-3,5,9-10,16H,4,6-8,11-12H2/t16-,19-/m1/s1. The highest BCUT2D eigenvalue weighted by atomic mass is 35.5. The highest BCUT2D eigenvalue weighted by Gasteiger charge is 2.52. The molecule has 2 fully saturated rings. The van der Waals surface area contributed by atoms with E-state index in [1.807, 2.05) is 18.2 Å². The van der Waals surface area contributed by atoms with E-state index < -0.39 is 25.2 Å². The predicted molar refractivity (Wildman–Crippen MR) is 104 cm³/mol. The molecule has 0 radical (unpaired) electrons. The summed E-state index contributed by atoms with van der Waals surface area (Å²) in [4.78, 5) is 23.0. The van der Waals surface area contributed by atoms with Crippen molar-refractivity contribution in [3.63, 3.8) is 0 Å². The summed E-state index contributed by atoms with van der Waals surface area (Å²) < 4.78 is 56.4. The fraction of sp³-hybridized carbons (Fsp3) is 0.450. The molecular weight excluding hydrogens is 455 g/mol. The Kier molecular flexibility index (Phi) is 6.52. The predicted octanol–water partition coefficient (Wildman–Crippen LogP) is 3.16. The van der Waals surface area contributed by atoms with E-state index in [1.54, 1.807) is 11.1 Å². The van der Waals surface area contributed by atoms with Crippen LogP contribution in [0.4, 0.5) is 13.2 Å². The zero-order valence-corrected chi connectivity index (χ0v) is 17.4. The molecule has 4 heterocycles. The Bertz CT molecular complexity index is 965. The Labute approximate surface area is 186 Å². The number of rotatable bonds is 6. The highest BCUT2D eigenvalue weighted by molar-refractivity contribution is 6.32. The van der Waals surface area contributed by atoms with Gasteiger partial charge in [0, 0.05) is 25.4 Å². The second-order valence-electron chi connectivity index (χ2n) is 7.18. The van der Waals surface area contributed by atoms with Crippen molar-refractivity contribution < 1.29 is 36.9 Å². The van der Waals surface area contributed by atoms with Gasteiger partial charge in [-0.25, -0.2) is 4.98 Å². The van der Waals surface area contributed by atoms with E-state index >= 15 is 0 Å². The summed E-state index contributed by atoms with van der Waals surface area (Å²) in [6.07, 6.45) is -1.67. The van der Waals surface area contributed by atoms with E-state index in [0.29, 0.717) is 19.5 Å². The van der Waals surface area contributed by atoms with Crippen LogP contribution in [0.2, 0.25) is 5.02 Å². The monoisotopic (exact) mass is 473 g/mol. The number of piperidine rings is 1. The van der Waals surface area contributed by atoms with Crippen molar-refractivity contribution >= 4 is 17.5 Å². The molecule has 12 heteroatoms. The van der Waals surface area contributed by atoms with Crippen LogP contribution in [0, 0.1) is 0 Å². The van der Waals surface area contributed by atoms with Gasteiger partial charge < -0.3 is 19.1 Å². The van der Waals surface area contributed by atoms with Crippen LogP contribution in [-0.4, -0.2) is 66.3 Å². The summed E-state index contributed by atoms with van der Waals surface area (Å²) >= 11 is 6.10. The molecule has 8 nitrogen and oxygen atoms in total. The zero-order chi connectivity index (χ0) is 22.8. The Morgan fingerprint density at radius 3 is 2.88 bits per heavy atom. The van der Waals surface area contributed by atoms with Gasteiger partial charge in [-0.05, 0) is 18.2 Å². The van der Waals surface area contributed by atoms with Gasteiger partial charge in [-0.3, -0.25) is 14.5 Å². The van der Waals surface area contributed by atoms with Gasteiger partial charge in [0.2, 0.25) is 5.88 Å². The number of alkyl halides is 3. The summed E-state index contributed by atoms with van der Waals surface area (Å²) in [5.41, 5.74) is 0.276. The molecule has 2 aromatic heterocycles. The number of carbonyl (C=O) groups excluding carboxylic acids is 1. The van der Waals surface area contributed by atoms with E-state index in [0.717, 1.165) is 5.69 Å². The fourth-order valence-electron chi connectivity index (χ4n) is 3.77. The molecule has 2 aliphatic heterocycles. The Morgan fingerprint density at radius 2 is 2.16 bits per heavy atom. The molecule has 0 unspecified atom stereocenters. The van der Waals surface area contributed by atoms with Crippen LogP contribution in [-0.2, 0) is 19.8 Å². The number of ether oxygens (including phenoxy) is 4. The molecule has 0 aromatic carbocycles. The Morgan fingerprint density at radius 1 is 1.31 bits per heavy atom. The molecule has 0 aliphatic carbocycles. The van der Waals surface area contributed by atoms with Crippen molar-refractivity contribution in [2.45, 2.75) is 24.5 Å². The maximum atomic E-state index is 13.0. The topological polar surface area (TPSA) is 83.0 Å². The van der Waals surface area contributed by atoms with Crippen molar-refractivity contribution in [3.8, 4) is 5.88 Å². The first-order chi connectivity index (χ1) is 15.3. The van der Waals surface area contributed by atoms with Crippen molar-refractivity contribution in [2.24, 2.45) is 0 Å². The van der Waals surface area contributed by atoms with E-state index in [9.17, 15) is 18.0 Å². The second-order valence-corrected chi connectivity index (χ2v) is 7.58. The van der Waals surface area contributed by atoms with Crippen LogP contribution in [0.15, 0.2) is 36.7 Å². The number of pyridine rings is 2. The first-order valence-corrected chi connectivity index (χ1v) is 10.1. The number of carbonyl (C=O) groups is 1. The van der Waals surface area contributed by atoms with E-state index in [2.05, 4.69) is 14.7 Å². The largest absolute Gasteiger partial charge is 0.522 e. The minimum Gasteiger partial charge on any atom is -0.474 e. The quantitative estimate of drug-likeness (QED) is 0.596. The molecule has 4 rings (SSSR count). The fourth-order valence-corrected chi connectivity index (χ4v) is 3.99. The maximum absolute atomic E-state index is 13.0. The minimum atomic E-state index is -4.74. The molecule has 32 heavy (non-hydrogen) atoms. The number of likely N-dealkylation sites (tertiary alicyclic amines) is 1. The van der Waals surface area contributed by atoms with Gasteiger partial charge in [-0.15, -0.1) is 13.2 Å². The lowest BCUT2D eigenvalue weighted by molar-refractivity contribution is -0.325. The molecular formula is C20H19ClF3N3O5. The summed E-state index contributed by atoms with van der Waals surface area (Å²) in [7, 11) is 0. The van der Waals surface area contributed by atoms with Crippen molar-refractivity contribution in [3.05, 3.63) is 52.9 Å². The number of halogens is 4. The molecule has 2 saturated heterocycles. The number of hydrogen-bond acceptors (Lipinski definition) is 7. The van der Waals surface area contributed by atoms with Crippen LogP contribution >= 0.6 is 11.6 Å². The third-order valence-electron chi connectivity index (χ3n) is 5.27. The SMILES string of the molecule is O=C(c1cnc(OCCOC(F)(F)F)c(Cl)c1)N1CC[C@]2(c3ccccn3)OCO[C@@H]2C1. The minimum absolute atomic E-state index is 0.00292. The smallest absolute Gasteiger partial charge is 0.474 e. The normalized spacial score (nSPS) is 23.1. The third kappa shape index (κ3) is 4.80. The molecule has 0 spiro atoms. The number of aromatic nitrogens is 2. The van der Waals surface area contributed by atoms with Gasteiger partial charge in [0.25, 0.3) is 5.91 Å². The molecule has 2 aliphatic rings. The zero-order valence-electron chi connectivity index (χ0n) is 16.7. The molecule has 1 amide bonds. The maximum Gasteiger partial charge on any atom is 0.522 e. The lowest BCUT2D eigenvalue weighted by atomic mass is 9.85. The van der Waals surface area contributed by atoms with Gasteiger partial charge in [0.1, 0.15) is 30.1 Å². The number of amides is 1. The lowest BCUT2D eigenvalue weighted by Gasteiger charge is -2.41. The molecule has 172 valence electrons. The highest BCUT2D eigenvalue weighted by Crippen LogP contribution is 2.41. The van der Waals surface area contributed by atoms with Crippen LogP contribution in [0.1, 0.15) is 22.5 Å². The number of hydrogen-bond donors (Lipinski definition) is 0. The average Bonchev–Trinajstić information content (AvgIpc) is 3.21. The van der Waals surface area contributed by atoms with Crippen LogP contribution in [0.5, 0.6) is 5.88 Å². The first-order valence-electron chi connectivity index (χ1n) is 9.74. The van der Waals surface area contributed by atoms with Gasteiger partial charge >= 0.3 is 6.36 Å². The van der Waals surface area contributed by atoms with Gasteiger partial charge in [-0.1, -0.05) is 17.7 Å². The summed E-state index contributed by atoms with van der Waals surface area (Å²) in [6.45, 7) is -0.307. The van der Waals surface area contributed by atoms with Crippen molar-refractivity contribution in [1.82, 2.24) is 14.9 Å². The van der Waals surface area contributed by atoms with Crippen LogP contribution < -0.4 is 4.74 Å². The first kappa shape index (κ1) is 22.7. The van der Waals surface area contributed by atoms with E-state index in [1.165, 1.54) is 12.3 Å². The number of fused-ring (bicyclic) bond motifs is 1. The summed E-state index contributed by atoms with van der Waals surface area (Å²) in [5, 5.41) is 0.00292. The second kappa shape index (κ2) is 9.18. The van der Waals surface area contributed by atoms with Crippen LogP contribution in [0.3, 0.4) is 0 Å². The van der Waals surface area contributed by atoms with Gasteiger partial charge in [0.05, 0.1) is 24.4 Å². The van der Waals surface area contributed by atoms with Crippen molar-refractivity contribution in [1.29, 1.82) is 0 Å². The van der Waals surface area contributed by atoms with Gasteiger partial charge in [0.15, 0.2) is 0 Å². The average molecular weight is 474 g/mol. The van der Waals surface area contributed by atoms with Crippen molar-refractivity contribution in [2.75, 3.05) is 33.1 Å². The van der Waals surface area contributed by atoms with E-state index in [-0.39, 0.29) is 35.3 Å². The Balaban J connectivity index is 1.39. The van der Waals surface area contributed by atoms with E-state index in [4.69, 9.17) is 25.8 Å². The number of nitrogens with zero attached hydrogens (tertiary/aromatic N) is 3. The lowest BCUT2D eigenvalue weighted by Crippen LogP contribution is -2.53. The third-order valence-corrected chi connectivity index (χ3v) is 5.54. The molecule has 0 saturated carbocycles. The van der Waals surface area contributed by atoms with Gasteiger partial charge in [-0.2, -0.15) is 0 Å². The Hall–Kier alpha value is -2.47.